The number of amides is 2. The number of nitro benzene ring substituents is 1. The molecular formula is C18H21ClN4O4S. The van der Waals surface area contributed by atoms with Crippen molar-refractivity contribution >= 4 is 45.6 Å². The van der Waals surface area contributed by atoms with Gasteiger partial charge in [-0.3, -0.25) is 19.7 Å². The number of hydrogen-bond acceptors (Lipinski definition) is 6. The molecule has 2 rings (SSSR count). The minimum atomic E-state index is -0.583. The fourth-order valence-electron chi connectivity index (χ4n) is 2.37. The highest BCUT2D eigenvalue weighted by atomic mass is 35.5. The normalized spacial score (nSPS) is 10.8. The number of nitro groups is 1. The Kier molecular flexibility index (Phi) is 7.47. The van der Waals surface area contributed by atoms with E-state index in [1.165, 1.54) is 28.4 Å². The Balaban J connectivity index is 2.17. The van der Waals surface area contributed by atoms with Crippen molar-refractivity contribution in [3.05, 3.63) is 50.0 Å². The number of anilines is 1. The van der Waals surface area contributed by atoms with Crippen molar-refractivity contribution in [2.45, 2.75) is 27.2 Å². The SMILES string of the molecule is Cc1csc(NC(=O)CN(CCC(C)C)C(=O)c2ccc([N+](=O)[O-])cc2Cl)n1. The molecule has 0 aliphatic rings. The number of non-ortho nitro benzene ring substituents is 1. The number of aryl methyl sites for hydroxylation is 1. The van der Waals surface area contributed by atoms with E-state index in [0.29, 0.717) is 24.0 Å². The van der Waals surface area contributed by atoms with E-state index in [9.17, 15) is 19.7 Å². The number of halogens is 1. The molecule has 1 aromatic carbocycles. The number of carbonyl (C=O) groups is 2. The van der Waals surface area contributed by atoms with E-state index < -0.39 is 10.8 Å². The van der Waals surface area contributed by atoms with Gasteiger partial charge in [0.25, 0.3) is 11.6 Å². The molecule has 2 aromatic rings. The van der Waals surface area contributed by atoms with Crippen LogP contribution in [-0.2, 0) is 4.79 Å². The summed E-state index contributed by atoms with van der Waals surface area (Å²) in [5.41, 5.74) is 0.715. The lowest BCUT2D eigenvalue weighted by Crippen LogP contribution is -2.39. The minimum Gasteiger partial charge on any atom is -0.329 e. The molecule has 1 heterocycles. The summed E-state index contributed by atoms with van der Waals surface area (Å²) in [6, 6.07) is 3.67. The van der Waals surface area contributed by atoms with Gasteiger partial charge in [-0.2, -0.15) is 0 Å². The molecule has 1 N–H and O–H groups in total. The first kappa shape index (κ1) is 21.8. The Bertz CT molecular complexity index is 884. The first-order chi connectivity index (χ1) is 13.2. The summed E-state index contributed by atoms with van der Waals surface area (Å²) in [7, 11) is 0. The summed E-state index contributed by atoms with van der Waals surface area (Å²) in [4.78, 5) is 41.2. The van der Waals surface area contributed by atoms with Crippen molar-refractivity contribution < 1.29 is 14.5 Å². The molecule has 1 aromatic heterocycles. The van der Waals surface area contributed by atoms with Crippen LogP contribution < -0.4 is 5.32 Å². The second-order valence-corrected chi connectivity index (χ2v) is 7.94. The molecule has 2 amide bonds. The number of hydrogen-bond donors (Lipinski definition) is 1. The maximum Gasteiger partial charge on any atom is 0.270 e. The van der Waals surface area contributed by atoms with Crippen molar-refractivity contribution in [2.75, 3.05) is 18.4 Å². The largest absolute Gasteiger partial charge is 0.329 e. The van der Waals surface area contributed by atoms with Gasteiger partial charge in [-0.25, -0.2) is 4.98 Å². The predicted octanol–water partition coefficient (Wildman–Crippen LogP) is 4.14. The number of nitrogens with zero attached hydrogens (tertiary/aromatic N) is 3. The summed E-state index contributed by atoms with van der Waals surface area (Å²) < 4.78 is 0. The van der Waals surface area contributed by atoms with Crippen LogP contribution in [0.5, 0.6) is 0 Å². The molecule has 0 fully saturated rings. The smallest absolute Gasteiger partial charge is 0.270 e. The molecule has 0 aliphatic heterocycles. The number of thiazole rings is 1. The standard InChI is InChI=1S/C18H21ClN4O4S/c1-11(2)6-7-22(9-16(24)21-18-20-12(3)10-28-18)17(25)14-5-4-13(23(26)27)8-15(14)19/h4-5,8,10-11H,6-7,9H2,1-3H3,(H,20,21,24). The highest BCUT2D eigenvalue weighted by molar-refractivity contribution is 7.13. The quantitative estimate of drug-likeness (QED) is 0.506. The zero-order valence-corrected chi connectivity index (χ0v) is 17.3. The average Bonchev–Trinajstić information content (AvgIpc) is 3.02. The first-order valence-electron chi connectivity index (χ1n) is 8.62. The molecule has 0 atom stereocenters. The van der Waals surface area contributed by atoms with E-state index in [-0.39, 0.29) is 28.7 Å². The van der Waals surface area contributed by atoms with Gasteiger partial charge in [0.15, 0.2) is 5.13 Å². The maximum absolute atomic E-state index is 12.9. The number of nitrogens with one attached hydrogen (secondary N) is 1. The number of aromatic nitrogens is 1. The van der Waals surface area contributed by atoms with E-state index in [1.54, 1.807) is 0 Å². The fourth-order valence-corrected chi connectivity index (χ4v) is 3.33. The van der Waals surface area contributed by atoms with Crippen LogP contribution in [0.3, 0.4) is 0 Å². The first-order valence-corrected chi connectivity index (χ1v) is 9.88. The molecule has 10 heteroatoms. The summed E-state index contributed by atoms with van der Waals surface area (Å²) in [6.45, 7) is 6.03. The Hall–Kier alpha value is -2.52. The summed E-state index contributed by atoms with van der Waals surface area (Å²) >= 11 is 7.39. The number of rotatable bonds is 8. The second-order valence-electron chi connectivity index (χ2n) is 6.67. The van der Waals surface area contributed by atoms with Crippen LogP contribution in [0.15, 0.2) is 23.6 Å². The molecule has 0 aliphatic carbocycles. The van der Waals surface area contributed by atoms with Crippen molar-refractivity contribution in [1.82, 2.24) is 9.88 Å². The van der Waals surface area contributed by atoms with Gasteiger partial charge in [0.2, 0.25) is 5.91 Å². The van der Waals surface area contributed by atoms with Crippen LogP contribution in [0.2, 0.25) is 5.02 Å². The van der Waals surface area contributed by atoms with Gasteiger partial charge in [0.05, 0.1) is 21.2 Å². The monoisotopic (exact) mass is 424 g/mol. The molecular weight excluding hydrogens is 404 g/mol. The van der Waals surface area contributed by atoms with Crippen molar-refractivity contribution in [3.63, 3.8) is 0 Å². The zero-order valence-electron chi connectivity index (χ0n) is 15.8. The van der Waals surface area contributed by atoms with Crippen LogP contribution in [0, 0.1) is 23.0 Å². The Morgan fingerprint density at radius 2 is 2.11 bits per heavy atom. The lowest BCUT2D eigenvalue weighted by atomic mass is 10.1. The van der Waals surface area contributed by atoms with E-state index in [4.69, 9.17) is 11.6 Å². The Morgan fingerprint density at radius 3 is 2.64 bits per heavy atom. The van der Waals surface area contributed by atoms with Gasteiger partial charge in [-0.15, -0.1) is 11.3 Å². The third kappa shape index (κ3) is 6.00. The predicted molar refractivity (Wildman–Crippen MR) is 109 cm³/mol. The van der Waals surface area contributed by atoms with E-state index in [2.05, 4.69) is 10.3 Å². The molecule has 0 spiro atoms. The van der Waals surface area contributed by atoms with E-state index in [0.717, 1.165) is 11.8 Å². The van der Waals surface area contributed by atoms with Crippen LogP contribution in [0.25, 0.3) is 0 Å². The Labute approximate surface area is 171 Å². The molecule has 0 saturated heterocycles. The topological polar surface area (TPSA) is 105 Å². The summed E-state index contributed by atoms with van der Waals surface area (Å²) in [5, 5.41) is 15.8. The van der Waals surface area contributed by atoms with Crippen LogP contribution in [0.4, 0.5) is 10.8 Å². The molecule has 0 bridgehead atoms. The molecule has 28 heavy (non-hydrogen) atoms. The highest BCUT2D eigenvalue weighted by Gasteiger charge is 2.23. The van der Waals surface area contributed by atoms with Crippen molar-refractivity contribution in [2.24, 2.45) is 5.92 Å². The van der Waals surface area contributed by atoms with E-state index >= 15 is 0 Å². The van der Waals surface area contributed by atoms with Crippen molar-refractivity contribution in [3.8, 4) is 0 Å². The lowest BCUT2D eigenvalue weighted by Gasteiger charge is -2.23. The van der Waals surface area contributed by atoms with Gasteiger partial charge in [0, 0.05) is 24.1 Å². The second kappa shape index (κ2) is 9.61. The van der Waals surface area contributed by atoms with Gasteiger partial charge < -0.3 is 10.2 Å². The highest BCUT2D eigenvalue weighted by Crippen LogP contribution is 2.24. The Morgan fingerprint density at radius 1 is 1.39 bits per heavy atom. The number of benzene rings is 1. The molecule has 150 valence electrons. The summed E-state index contributed by atoms with van der Waals surface area (Å²) in [5.74, 6) is -0.497. The fraction of sp³-hybridized carbons (Fsp3) is 0.389. The van der Waals surface area contributed by atoms with Crippen LogP contribution in [-0.4, -0.2) is 39.7 Å². The maximum atomic E-state index is 12.9. The zero-order chi connectivity index (χ0) is 20.8. The average molecular weight is 425 g/mol. The van der Waals surface area contributed by atoms with Crippen LogP contribution in [0.1, 0.15) is 36.3 Å². The third-order valence-electron chi connectivity index (χ3n) is 3.86. The van der Waals surface area contributed by atoms with E-state index in [1.807, 2.05) is 26.2 Å². The van der Waals surface area contributed by atoms with Gasteiger partial charge in [-0.05, 0) is 25.3 Å². The molecule has 8 nitrogen and oxygen atoms in total. The van der Waals surface area contributed by atoms with Crippen molar-refractivity contribution in [1.29, 1.82) is 0 Å². The van der Waals surface area contributed by atoms with Gasteiger partial charge >= 0.3 is 0 Å². The molecule has 0 radical (unpaired) electrons. The number of carbonyl (C=O) groups excluding carboxylic acids is 2. The third-order valence-corrected chi connectivity index (χ3v) is 5.05. The van der Waals surface area contributed by atoms with Crippen LogP contribution >= 0.6 is 22.9 Å². The molecule has 0 saturated carbocycles. The van der Waals surface area contributed by atoms with Gasteiger partial charge in [0.1, 0.15) is 6.54 Å². The molecule has 0 unspecified atom stereocenters. The summed E-state index contributed by atoms with van der Waals surface area (Å²) in [6.07, 6.45) is 0.694. The minimum absolute atomic E-state index is 0.0234. The van der Waals surface area contributed by atoms with Gasteiger partial charge in [-0.1, -0.05) is 25.4 Å². The lowest BCUT2D eigenvalue weighted by molar-refractivity contribution is -0.384.